The summed E-state index contributed by atoms with van der Waals surface area (Å²) in [6.07, 6.45) is 6.31. The molecule has 1 saturated heterocycles. The van der Waals surface area contributed by atoms with Gasteiger partial charge in [-0.3, -0.25) is 4.79 Å². The summed E-state index contributed by atoms with van der Waals surface area (Å²) < 4.78 is 23.4. The summed E-state index contributed by atoms with van der Waals surface area (Å²) in [5.74, 6) is 1.01. The van der Waals surface area contributed by atoms with Crippen molar-refractivity contribution in [1.29, 1.82) is 0 Å². The van der Waals surface area contributed by atoms with Gasteiger partial charge in [0.05, 0.1) is 36.7 Å². The van der Waals surface area contributed by atoms with Crippen molar-refractivity contribution < 1.29 is 19.0 Å². The van der Waals surface area contributed by atoms with Gasteiger partial charge >= 0.3 is 0 Å². The molecule has 10 nitrogen and oxygen atoms in total. The third kappa shape index (κ3) is 3.79. The highest BCUT2D eigenvalue weighted by molar-refractivity contribution is 6.00. The van der Waals surface area contributed by atoms with E-state index in [4.69, 9.17) is 9.72 Å². The maximum absolute atomic E-state index is 14.7. The molecule has 0 aromatic carbocycles. The average molecular weight is 494 g/mol. The Morgan fingerprint density at radius 3 is 2.92 bits per heavy atom. The van der Waals surface area contributed by atoms with Gasteiger partial charge in [-0.15, -0.1) is 0 Å². The fourth-order valence-corrected chi connectivity index (χ4v) is 5.33. The van der Waals surface area contributed by atoms with Gasteiger partial charge in [-0.2, -0.15) is 9.61 Å². The highest BCUT2D eigenvalue weighted by atomic mass is 19.1. The third-order valence-corrected chi connectivity index (χ3v) is 7.26. The van der Waals surface area contributed by atoms with Crippen LogP contribution in [0.15, 0.2) is 36.8 Å². The number of aliphatic hydroxyl groups is 1. The lowest BCUT2D eigenvalue weighted by Crippen LogP contribution is -2.39. The molecule has 0 bridgehead atoms. The molecule has 11 heteroatoms. The minimum atomic E-state index is -1.11. The lowest BCUT2D eigenvalue weighted by Gasteiger charge is -2.29. The molecule has 2 aromatic heterocycles. The molecule has 188 valence electrons. The number of aromatic nitrogens is 5. The molecule has 1 unspecified atom stereocenters. The van der Waals surface area contributed by atoms with E-state index in [1.807, 2.05) is 29.0 Å². The Kier molecular flexibility index (Phi) is 5.81. The van der Waals surface area contributed by atoms with Crippen LogP contribution in [-0.2, 0) is 4.74 Å². The molecule has 5 heterocycles. The second-order valence-electron chi connectivity index (χ2n) is 9.42. The van der Waals surface area contributed by atoms with Crippen LogP contribution in [0.25, 0.3) is 28.3 Å². The van der Waals surface area contributed by atoms with Crippen LogP contribution in [0, 0.1) is 0 Å². The van der Waals surface area contributed by atoms with Gasteiger partial charge in [0.15, 0.2) is 5.65 Å². The van der Waals surface area contributed by atoms with Crippen LogP contribution in [-0.4, -0.2) is 73.7 Å². The van der Waals surface area contributed by atoms with E-state index in [0.29, 0.717) is 48.0 Å². The summed E-state index contributed by atoms with van der Waals surface area (Å²) in [4.78, 5) is 22.5. The number of halogens is 1. The SMILES string of the molecule is CNc1cc(-c2cnc3n([C@@H]4CCOC[C@@H]4F)cccc2-3)nc2c(C(=O)NC3CCC[C@H]3O)cnn12. The van der Waals surface area contributed by atoms with Gasteiger partial charge < -0.3 is 25.0 Å². The van der Waals surface area contributed by atoms with E-state index in [1.54, 1.807) is 17.8 Å². The van der Waals surface area contributed by atoms with Crippen LogP contribution >= 0.6 is 0 Å². The number of amides is 1. The van der Waals surface area contributed by atoms with E-state index in [2.05, 4.69) is 20.7 Å². The monoisotopic (exact) mass is 493 g/mol. The van der Waals surface area contributed by atoms with Crippen LogP contribution < -0.4 is 10.6 Å². The maximum Gasteiger partial charge on any atom is 0.257 e. The summed E-state index contributed by atoms with van der Waals surface area (Å²) in [6, 6.07) is 5.06. The van der Waals surface area contributed by atoms with Crippen LogP contribution in [0.1, 0.15) is 42.1 Å². The number of hydrogen-bond donors (Lipinski definition) is 3. The first-order valence-corrected chi connectivity index (χ1v) is 12.3. The number of nitrogens with zero attached hydrogens (tertiary/aromatic N) is 5. The fourth-order valence-electron chi connectivity index (χ4n) is 5.33. The van der Waals surface area contributed by atoms with Crippen molar-refractivity contribution in [3.05, 3.63) is 42.4 Å². The van der Waals surface area contributed by atoms with Crippen LogP contribution in [0.2, 0.25) is 0 Å². The number of fused-ring (bicyclic) bond motifs is 2. The van der Waals surface area contributed by atoms with E-state index in [-0.39, 0.29) is 24.6 Å². The Labute approximate surface area is 206 Å². The highest BCUT2D eigenvalue weighted by Gasteiger charge is 2.31. The van der Waals surface area contributed by atoms with E-state index in [0.717, 1.165) is 24.0 Å². The van der Waals surface area contributed by atoms with Crippen molar-refractivity contribution in [2.45, 2.75) is 50.0 Å². The van der Waals surface area contributed by atoms with Gasteiger partial charge in [0.1, 0.15) is 23.4 Å². The predicted molar refractivity (Wildman–Crippen MR) is 131 cm³/mol. The lowest BCUT2D eigenvalue weighted by atomic mass is 10.0. The summed E-state index contributed by atoms with van der Waals surface area (Å²) in [5.41, 5.74) is 2.96. The number of carbonyl (C=O) groups excluding carboxylic acids is 1. The van der Waals surface area contributed by atoms with Crippen molar-refractivity contribution in [1.82, 2.24) is 29.5 Å². The Morgan fingerprint density at radius 1 is 1.25 bits per heavy atom. The van der Waals surface area contributed by atoms with E-state index in [9.17, 15) is 14.3 Å². The van der Waals surface area contributed by atoms with Gasteiger partial charge in [0.25, 0.3) is 5.91 Å². The molecule has 1 aliphatic carbocycles. The second kappa shape index (κ2) is 9.14. The van der Waals surface area contributed by atoms with E-state index >= 15 is 0 Å². The normalized spacial score (nSPS) is 24.4. The van der Waals surface area contributed by atoms with Crippen molar-refractivity contribution in [3.8, 4) is 22.6 Å². The highest BCUT2D eigenvalue weighted by Crippen LogP contribution is 2.37. The first-order chi connectivity index (χ1) is 17.5. The Hall–Kier alpha value is -3.57. The predicted octanol–water partition coefficient (Wildman–Crippen LogP) is 2.68. The summed E-state index contributed by atoms with van der Waals surface area (Å²) in [7, 11) is 1.77. The van der Waals surface area contributed by atoms with Gasteiger partial charge in [0, 0.05) is 43.2 Å². The van der Waals surface area contributed by atoms with Gasteiger partial charge in [-0.05, 0) is 37.8 Å². The smallest absolute Gasteiger partial charge is 0.257 e. The first kappa shape index (κ1) is 22.9. The van der Waals surface area contributed by atoms with Gasteiger partial charge in [-0.1, -0.05) is 0 Å². The Morgan fingerprint density at radius 2 is 2.14 bits per heavy atom. The van der Waals surface area contributed by atoms with Gasteiger partial charge in [-0.25, -0.2) is 14.4 Å². The molecule has 36 heavy (non-hydrogen) atoms. The Bertz CT molecular complexity index is 1390. The van der Waals surface area contributed by atoms with Crippen molar-refractivity contribution >= 4 is 17.4 Å². The zero-order chi connectivity index (χ0) is 24.8. The number of hydrogen-bond acceptors (Lipinski definition) is 7. The molecular formula is C25H28FN7O3. The zero-order valence-corrected chi connectivity index (χ0v) is 19.9. The molecule has 6 rings (SSSR count). The molecule has 3 aliphatic heterocycles. The number of pyridine rings is 1. The number of ether oxygens (including phenoxy) is 1. The second-order valence-corrected chi connectivity index (χ2v) is 9.42. The molecule has 3 N–H and O–H groups in total. The molecule has 4 atom stereocenters. The largest absolute Gasteiger partial charge is 0.391 e. The van der Waals surface area contributed by atoms with Gasteiger partial charge in [0.2, 0.25) is 0 Å². The maximum atomic E-state index is 14.7. The minimum Gasteiger partial charge on any atom is -0.391 e. The van der Waals surface area contributed by atoms with E-state index < -0.39 is 12.3 Å². The standard InChI is InChI=1S/C25H28FN7O3/c1-27-22-10-19(30-24-16(12-29-33(22)24)25(35)31-18-5-2-6-21(18)34)15-11-28-23-14(15)4-3-8-32(23)20-7-9-36-13-17(20)26/h3-4,8,10-12,17-18,20-21,27,34H,2,5-7,9,13H2,1H3,(H,31,35)/t17-,18?,20+,21+/m0/s1. The third-order valence-electron chi connectivity index (χ3n) is 7.26. The quantitative estimate of drug-likeness (QED) is 0.391. The molecule has 2 aromatic rings. The summed E-state index contributed by atoms with van der Waals surface area (Å²) in [6.45, 7) is 0.588. The molecular weight excluding hydrogens is 465 g/mol. The molecule has 4 aliphatic rings. The van der Waals surface area contributed by atoms with Crippen molar-refractivity contribution in [2.24, 2.45) is 0 Å². The zero-order valence-electron chi connectivity index (χ0n) is 19.9. The number of aliphatic hydroxyl groups excluding tert-OH is 1. The number of anilines is 1. The number of rotatable bonds is 5. The number of alkyl halides is 1. The van der Waals surface area contributed by atoms with E-state index in [1.165, 1.54) is 6.20 Å². The average Bonchev–Trinajstić information content (AvgIpc) is 3.62. The molecule has 0 spiro atoms. The first-order valence-electron chi connectivity index (χ1n) is 12.3. The molecule has 0 radical (unpaired) electrons. The molecule has 2 fully saturated rings. The van der Waals surface area contributed by atoms with Crippen LogP contribution in [0.5, 0.6) is 0 Å². The van der Waals surface area contributed by atoms with Crippen LogP contribution in [0.4, 0.5) is 10.2 Å². The summed E-state index contributed by atoms with van der Waals surface area (Å²) >= 11 is 0. The fraction of sp³-hybridized carbons (Fsp3) is 0.440. The van der Waals surface area contributed by atoms with Crippen molar-refractivity contribution in [2.75, 3.05) is 25.6 Å². The Balaban J connectivity index is 1.39. The van der Waals surface area contributed by atoms with Crippen molar-refractivity contribution in [3.63, 3.8) is 0 Å². The minimum absolute atomic E-state index is 0.0787. The summed E-state index contributed by atoms with van der Waals surface area (Å²) in [5, 5.41) is 20.6. The molecule has 1 saturated carbocycles. The number of nitrogens with one attached hydrogen (secondary N) is 2. The lowest BCUT2D eigenvalue weighted by molar-refractivity contribution is 0.00346. The topological polar surface area (TPSA) is 119 Å². The number of carbonyl (C=O) groups is 1. The molecule has 1 amide bonds. The van der Waals surface area contributed by atoms with Crippen LogP contribution in [0.3, 0.4) is 0 Å².